The highest BCUT2D eigenvalue weighted by Crippen LogP contribution is 2.23. The van der Waals surface area contributed by atoms with E-state index in [1.54, 1.807) is 0 Å². The summed E-state index contributed by atoms with van der Waals surface area (Å²) >= 11 is 0. The molecule has 86 valence electrons. The van der Waals surface area contributed by atoms with Gasteiger partial charge >= 0.3 is 0 Å². The first-order valence-corrected chi connectivity index (χ1v) is 5.66. The molecule has 4 heteroatoms. The van der Waals surface area contributed by atoms with E-state index in [4.69, 9.17) is 5.84 Å². The number of nitrogens with zero attached hydrogens (tertiary/aromatic N) is 2. The van der Waals surface area contributed by atoms with Crippen molar-refractivity contribution in [3.05, 3.63) is 18.2 Å². The predicted molar refractivity (Wildman–Crippen MR) is 62.0 cm³/mol. The lowest BCUT2D eigenvalue weighted by Gasteiger charge is -2.20. The Morgan fingerprint density at radius 3 is 2.53 bits per heavy atom. The number of imidazole rings is 1. The van der Waals surface area contributed by atoms with Crippen LogP contribution in [0.1, 0.15) is 45.0 Å². The number of rotatable bonds is 6. The fourth-order valence-corrected chi connectivity index (χ4v) is 1.92. The summed E-state index contributed by atoms with van der Waals surface area (Å²) in [5.74, 6) is 7.32. The topological polar surface area (TPSA) is 55.9 Å². The Bertz CT molecular complexity index is 278. The molecule has 0 aliphatic heterocycles. The molecule has 1 aromatic rings. The van der Waals surface area contributed by atoms with Crippen LogP contribution in [0.5, 0.6) is 0 Å². The molecular weight excluding hydrogens is 188 g/mol. The highest BCUT2D eigenvalue weighted by molar-refractivity contribution is 4.98. The summed E-state index contributed by atoms with van der Waals surface area (Å²) in [6.45, 7) is 4.44. The second kappa shape index (κ2) is 5.88. The van der Waals surface area contributed by atoms with Gasteiger partial charge in [0.1, 0.15) is 5.82 Å². The molecule has 1 atom stereocenters. The van der Waals surface area contributed by atoms with Crippen LogP contribution in [0.2, 0.25) is 0 Å². The minimum absolute atomic E-state index is 0.162. The third kappa shape index (κ3) is 3.04. The van der Waals surface area contributed by atoms with Crippen LogP contribution in [0.3, 0.4) is 0 Å². The van der Waals surface area contributed by atoms with Crippen molar-refractivity contribution in [1.29, 1.82) is 0 Å². The van der Waals surface area contributed by atoms with Crippen LogP contribution in [0.15, 0.2) is 12.4 Å². The molecule has 1 unspecified atom stereocenters. The average Bonchev–Trinajstić information content (AvgIpc) is 2.67. The molecule has 0 spiro atoms. The monoisotopic (exact) mass is 210 g/mol. The van der Waals surface area contributed by atoms with Crippen LogP contribution in [0, 0.1) is 5.92 Å². The largest absolute Gasteiger partial charge is 0.337 e. The second-order valence-corrected chi connectivity index (χ2v) is 4.03. The molecule has 0 amide bonds. The molecular formula is C11H22N4. The van der Waals surface area contributed by atoms with Crippen molar-refractivity contribution in [3.63, 3.8) is 0 Å². The number of aromatic nitrogens is 2. The minimum Gasteiger partial charge on any atom is -0.337 e. The maximum Gasteiger partial charge on any atom is 0.126 e. The number of hydrogen-bond acceptors (Lipinski definition) is 3. The van der Waals surface area contributed by atoms with Crippen molar-refractivity contribution in [2.45, 2.75) is 39.2 Å². The molecule has 1 rings (SSSR count). The van der Waals surface area contributed by atoms with Gasteiger partial charge in [0, 0.05) is 19.4 Å². The highest BCUT2D eigenvalue weighted by Gasteiger charge is 2.17. The van der Waals surface area contributed by atoms with Crippen molar-refractivity contribution in [1.82, 2.24) is 15.0 Å². The molecule has 0 saturated carbocycles. The van der Waals surface area contributed by atoms with Crippen LogP contribution in [0.25, 0.3) is 0 Å². The van der Waals surface area contributed by atoms with Crippen molar-refractivity contribution in [2.75, 3.05) is 0 Å². The molecule has 3 N–H and O–H groups in total. The van der Waals surface area contributed by atoms with Gasteiger partial charge in [-0.3, -0.25) is 5.84 Å². The van der Waals surface area contributed by atoms with Crippen molar-refractivity contribution in [2.24, 2.45) is 18.8 Å². The molecule has 0 aromatic carbocycles. The van der Waals surface area contributed by atoms with E-state index < -0.39 is 0 Å². The number of hydrogen-bond donors (Lipinski definition) is 2. The molecule has 0 aliphatic rings. The smallest absolute Gasteiger partial charge is 0.126 e. The van der Waals surface area contributed by atoms with Crippen molar-refractivity contribution in [3.8, 4) is 0 Å². The Balaban J connectivity index is 2.68. The maximum atomic E-state index is 5.59. The summed E-state index contributed by atoms with van der Waals surface area (Å²) in [6.07, 6.45) is 7.20. The van der Waals surface area contributed by atoms with E-state index in [2.05, 4.69) is 24.3 Å². The lowest BCUT2D eigenvalue weighted by atomic mass is 9.95. The van der Waals surface area contributed by atoms with Gasteiger partial charge in [0.2, 0.25) is 0 Å². The van der Waals surface area contributed by atoms with Crippen LogP contribution >= 0.6 is 0 Å². The van der Waals surface area contributed by atoms with E-state index >= 15 is 0 Å². The van der Waals surface area contributed by atoms with E-state index in [9.17, 15) is 0 Å². The van der Waals surface area contributed by atoms with Gasteiger partial charge in [-0.15, -0.1) is 0 Å². The zero-order chi connectivity index (χ0) is 11.3. The van der Waals surface area contributed by atoms with Crippen LogP contribution < -0.4 is 11.3 Å². The van der Waals surface area contributed by atoms with Gasteiger partial charge in [-0.2, -0.15) is 0 Å². The Kier molecular flexibility index (Phi) is 4.78. The fraction of sp³-hybridized carbons (Fsp3) is 0.727. The number of aryl methyl sites for hydroxylation is 1. The fourth-order valence-electron chi connectivity index (χ4n) is 1.92. The highest BCUT2D eigenvalue weighted by atomic mass is 15.3. The van der Waals surface area contributed by atoms with Gasteiger partial charge < -0.3 is 4.57 Å². The standard InChI is InChI=1S/C11H22N4/c1-4-9(5-2)8-10(14-12)11-13-6-7-15(11)3/h6-7,9-10,14H,4-5,8,12H2,1-3H3. The van der Waals surface area contributed by atoms with Crippen molar-refractivity contribution < 1.29 is 0 Å². The minimum atomic E-state index is 0.162. The zero-order valence-electron chi connectivity index (χ0n) is 9.90. The summed E-state index contributed by atoms with van der Waals surface area (Å²) in [6, 6.07) is 0.162. The molecule has 0 aliphatic carbocycles. The Morgan fingerprint density at radius 1 is 1.47 bits per heavy atom. The quantitative estimate of drug-likeness (QED) is 0.555. The Labute approximate surface area is 91.8 Å². The molecule has 0 saturated heterocycles. The molecule has 0 radical (unpaired) electrons. The third-order valence-corrected chi connectivity index (χ3v) is 3.10. The summed E-state index contributed by atoms with van der Waals surface area (Å²) < 4.78 is 2.02. The van der Waals surface area contributed by atoms with E-state index in [1.807, 2.05) is 24.0 Å². The van der Waals surface area contributed by atoms with Crippen LogP contribution in [0.4, 0.5) is 0 Å². The molecule has 0 fully saturated rings. The Hall–Kier alpha value is -0.870. The lowest BCUT2D eigenvalue weighted by molar-refractivity contribution is 0.360. The summed E-state index contributed by atoms with van der Waals surface area (Å²) in [5.41, 5.74) is 2.86. The van der Waals surface area contributed by atoms with Gasteiger partial charge in [0.15, 0.2) is 0 Å². The van der Waals surface area contributed by atoms with E-state index in [-0.39, 0.29) is 6.04 Å². The summed E-state index contributed by atoms with van der Waals surface area (Å²) in [4.78, 5) is 4.33. The summed E-state index contributed by atoms with van der Waals surface area (Å²) in [5, 5.41) is 0. The number of nitrogens with two attached hydrogens (primary N) is 1. The van der Waals surface area contributed by atoms with Gasteiger partial charge in [0.25, 0.3) is 0 Å². The third-order valence-electron chi connectivity index (χ3n) is 3.10. The van der Waals surface area contributed by atoms with Gasteiger partial charge in [-0.05, 0) is 12.3 Å². The first-order valence-electron chi connectivity index (χ1n) is 5.66. The molecule has 15 heavy (non-hydrogen) atoms. The summed E-state index contributed by atoms with van der Waals surface area (Å²) in [7, 11) is 2.00. The van der Waals surface area contributed by atoms with E-state index in [0.29, 0.717) is 5.92 Å². The first-order chi connectivity index (χ1) is 7.22. The molecule has 1 heterocycles. The lowest BCUT2D eigenvalue weighted by Crippen LogP contribution is -2.31. The first kappa shape index (κ1) is 12.2. The molecule has 1 aromatic heterocycles. The van der Waals surface area contributed by atoms with Crippen LogP contribution in [-0.2, 0) is 7.05 Å². The van der Waals surface area contributed by atoms with E-state index in [1.165, 1.54) is 12.8 Å². The number of nitrogens with one attached hydrogen (secondary N) is 1. The maximum absolute atomic E-state index is 5.59. The van der Waals surface area contributed by atoms with Gasteiger partial charge in [-0.1, -0.05) is 26.7 Å². The second-order valence-electron chi connectivity index (χ2n) is 4.03. The van der Waals surface area contributed by atoms with E-state index in [0.717, 1.165) is 12.2 Å². The zero-order valence-corrected chi connectivity index (χ0v) is 9.90. The predicted octanol–water partition coefficient (Wildman–Crippen LogP) is 1.75. The van der Waals surface area contributed by atoms with Crippen molar-refractivity contribution >= 4 is 0 Å². The normalized spacial score (nSPS) is 13.4. The molecule has 4 nitrogen and oxygen atoms in total. The van der Waals surface area contributed by atoms with Gasteiger partial charge in [0.05, 0.1) is 6.04 Å². The Morgan fingerprint density at radius 2 is 2.13 bits per heavy atom. The molecule has 0 bridgehead atoms. The average molecular weight is 210 g/mol. The SMILES string of the molecule is CCC(CC)CC(NN)c1nccn1C. The van der Waals surface area contributed by atoms with Gasteiger partial charge in [-0.25, -0.2) is 10.4 Å². The van der Waals surface area contributed by atoms with Crippen LogP contribution in [-0.4, -0.2) is 9.55 Å². The number of hydrazine groups is 1.